The maximum Gasteiger partial charge on any atom is 0.229 e. The maximum absolute atomic E-state index is 4.73. The van der Waals surface area contributed by atoms with Crippen molar-refractivity contribution in [3.8, 4) is 0 Å². The van der Waals surface area contributed by atoms with E-state index in [0.29, 0.717) is 5.95 Å². The molecule has 1 aromatic carbocycles. The standard InChI is InChI=1S/C20H29N5/c1-15-14-18(25-12-10-24(5)11-13-25)23-19(21-15)22-17-8-6-16(7-9-17)20(2,3)4/h6-9,14H,10-13H2,1-5H3,(H,21,22,23). The summed E-state index contributed by atoms with van der Waals surface area (Å²) in [5.74, 6) is 1.67. The van der Waals surface area contributed by atoms with Crippen LogP contribution < -0.4 is 10.2 Å². The first kappa shape index (κ1) is 17.7. The van der Waals surface area contributed by atoms with Gasteiger partial charge in [-0.05, 0) is 37.1 Å². The zero-order chi connectivity index (χ0) is 18.0. The van der Waals surface area contributed by atoms with Crippen LogP contribution in [-0.2, 0) is 5.41 Å². The lowest BCUT2D eigenvalue weighted by Crippen LogP contribution is -2.44. The normalized spacial score (nSPS) is 16.1. The Hall–Kier alpha value is -2.14. The van der Waals surface area contributed by atoms with Crippen LogP contribution in [0.3, 0.4) is 0 Å². The Morgan fingerprint density at radius 1 is 0.960 bits per heavy atom. The van der Waals surface area contributed by atoms with Crippen molar-refractivity contribution in [2.75, 3.05) is 43.4 Å². The van der Waals surface area contributed by atoms with Gasteiger partial charge in [0.15, 0.2) is 0 Å². The second-order valence-corrected chi connectivity index (χ2v) is 7.93. The quantitative estimate of drug-likeness (QED) is 0.926. The molecule has 5 nitrogen and oxygen atoms in total. The van der Waals surface area contributed by atoms with Gasteiger partial charge in [-0.1, -0.05) is 32.9 Å². The van der Waals surface area contributed by atoms with Gasteiger partial charge < -0.3 is 15.1 Å². The van der Waals surface area contributed by atoms with E-state index in [1.54, 1.807) is 0 Å². The van der Waals surface area contributed by atoms with E-state index in [9.17, 15) is 0 Å². The van der Waals surface area contributed by atoms with E-state index in [-0.39, 0.29) is 5.41 Å². The van der Waals surface area contributed by atoms with Crippen LogP contribution in [0, 0.1) is 6.92 Å². The number of aryl methyl sites for hydroxylation is 1. The van der Waals surface area contributed by atoms with Crippen LogP contribution in [0.15, 0.2) is 30.3 Å². The molecule has 0 amide bonds. The van der Waals surface area contributed by atoms with Crippen molar-refractivity contribution >= 4 is 17.5 Å². The molecule has 0 atom stereocenters. The van der Waals surface area contributed by atoms with Crippen molar-refractivity contribution in [2.24, 2.45) is 0 Å². The van der Waals surface area contributed by atoms with Crippen molar-refractivity contribution in [1.82, 2.24) is 14.9 Å². The van der Waals surface area contributed by atoms with Gasteiger partial charge in [0.25, 0.3) is 0 Å². The predicted molar refractivity (Wildman–Crippen MR) is 105 cm³/mol. The second-order valence-electron chi connectivity index (χ2n) is 7.93. The van der Waals surface area contributed by atoms with Crippen molar-refractivity contribution < 1.29 is 0 Å². The molecule has 1 aromatic heterocycles. The lowest BCUT2D eigenvalue weighted by Gasteiger charge is -2.33. The monoisotopic (exact) mass is 339 g/mol. The minimum atomic E-state index is 0.160. The summed E-state index contributed by atoms with van der Waals surface area (Å²) in [6, 6.07) is 10.6. The third-order valence-corrected chi connectivity index (χ3v) is 4.68. The smallest absolute Gasteiger partial charge is 0.229 e. The molecule has 1 saturated heterocycles. The van der Waals surface area contributed by atoms with Crippen LogP contribution in [0.1, 0.15) is 32.0 Å². The number of aromatic nitrogens is 2. The summed E-state index contributed by atoms with van der Waals surface area (Å²) in [4.78, 5) is 14.0. The van der Waals surface area contributed by atoms with Gasteiger partial charge in [-0.25, -0.2) is 4.98 Å². The Kier molecular flexibility index (Phi) is 4.95. The molecule has 0 bridgehead atoms. The molecule has 5 heteroatoms. The molecular weight excluding hydrogens is 310 g/mol. The number of nitrogens with zero attached hydrogens (tertiary/aromatic N) is 4. The molecule has 0 saturated carbocycles. The summed E-state index contributed by atoms with van der Waals surface area (Å²) < 4.78 is 0. The summed E-state index contributed by atoms with van der Waals surface area (Å²) in [5.41, 5.74) is 3.48. The van der Waals surface area contributed by atoms with E-state index < -0.39 is 0 Å². The number of hydrogen-bond donors (Lipinski definition) is 1. The van der Waals surface area contributed by atoms with Crippen LogP contribution in [-0.4, -0.2) is 48.1 Å². The average Bonchev–Trinajstić information content (AvgIpc) is 2.54. The minimum absolute atomic E-state index is 0.160. The third-order valence-electron chi connectivity index (χ3n) is 4.68. The summed E-state index contributed by atoms with van der Waals surface area (Å²) in [6.07, 6.45) is 0. The molecule has 0 spiro atoms. The zero-order valence-electron chi connectivity index (χ0n) is 16.0. The molecule has 2 heterocycles. The molecule has 25 heavy (non-hydrogen) atoms. The van der Waals surface area contributed by atoms with Gasteiger partial charge in [-0.3, -0.25) is 0 Å². The van der Waals surface area contributed by atoms with Crippen LogP contribution in [0.4, 0.5) is 17.5 Å². The average molecular weight is 339 g/mol. The van der Waals surface area contributed by atoms with E-state index in [0.717, 1.165) is 43.4 Å². The first-order chi connectivity index (χ1) is 11.8. The highest BCUT2D eigenvalue weighted by molar-refractivity contribution is 5.56. The van der Waals surface area contributed by atoms with Crippen LogP contribution in [0.2, 0.25) is 0 Å². The highest BCUT2D eigenvalue weighted by atomic mass is 15.3. The molecule has 2 aromatic rings. The summed E-state index contributed by atoms with van der Waals surface area (Å²) >= 11 is 0. The van der Waals surface area contributed by atoms with Crippen molar-refractivity contribution in [3.05, 3.63) is 41.6 Å². The zero-order valence-corrected chi connectivity index (χ0v) is 16.0. The van der Waals surface area contributed by atoms with Crippen LogP contribution in [0.5, 0.6) is 0 Å². The molecule has 0 radical (unpaired) electrons. The fraction of sp³-hybridized carbons (Fsp3) is 0.500. The Labute approximate surface area is 151 Å². The van der Waals surface area contributed by atoms with Gasteiger partial charge in [0.2, 0.25) is 5.95 Å². The predicted octanol–water partition coefficient (Wildman–Crippen LogP) is 3.58. The number of benzene rings is 1. The number of piperazine rings is 1. The Bertz CT molecular complexity index is 710. The Balaban J connectivity index is 1.76. The number of likely N-dealkylation sites (N-methyl/N-ethyl adjacent to an activating group) is 1. The third kappa shape index (κ3) is 4.48. The summed E-state index contributed by atoms with van der Waals surface area (Å²) in [5, 5.41) is 3.35. The SMILES string of the molecule is Cc1cc(N2CCN(C)CC2)nc(Nc2ccc(C(C)(C)C)cc2)n1. The Morgan fingerprint density at radius 2 is 1.60 bits per heavy atom. The first-order valence-electron chi connectivity index (χ1n) is 8.98. The van der Waals surface area contributed by atoms with Crippen molar-refractivity contribution in [3.63, 3.8) is 0 Å². The van der Waals surface area contributed by atoms with Gasteiger partial charge >= 0.3 is 0 Å². The van der Waals surface area contributed by atoms with E-state index in [2.05, 4.69) is 78.3 Å². The highest BCUT2D eigenvalue weighted by Crippen LogP contribution is 2.25. The van der Waals surface area contributed by atoms with Gasteiger partial charge in [0.05, 0.1) is 0 Å². The van der Waals surface area contributed by atoms with Gasteiger partial charge in [-0.15, -0.1) is 0 Å². The lowest BCUT2D eigenvalue weighted by atomic mass is 9.87. The molecular formula is C20H29N5. The van der Waals surface area contributed by atoms with Gasteiger partial charge in [-0.2, -0.15) is 4.98 Å². The van der Waals surface area contributed by atoms with E-state index in [1.807, 2.05) is 6.92 Å². The fourth-order valence-corrected chi connectivity index (χ4v) is 2.99. The van der Waals surface area contributed by atoms with E-state index in [1.165, 1.54) is 5.56 Å². The molecule has 1 aliphatic rings. The molecule has 134 valence electrons. The van der Waals surface area contributed by atoms with Crippen LogP contribution in [0.25, 0.3) is 0 Å². The van der Waals surface area contributed by atoms with Gasteiger partial charge in [0, 0.05) is 43.6 Å². The van der Waals surface area contributed by atoms with Gasteiger partial charge in [0.1, 0.15) is 5.82 Å². The number of anilines is 3. The molecule has 1 aliphatic heterocycles. The molecule has 0 unspecified atom stereocenters. The minimum Gasteiger partial charge on any atom is -0.354 e. The van der Waals surface area contributed by atoms with E-state index in [4.69, 9.17) is 4.98 Å². The fourth-order valence-electron chi connectivity index (χ4n) is 2.99. The summed E-state index contributed by atoms with van der Waals surface area (Å²) in [6.45, 7) is 12.8. The first-order valence-corrected chi connectivity index (χ1v) is 8.98. The van der Waals surface area contributed by atoms with Crippen LogP contribution >= 0.6 is 0 Å². The number of nitrogens with one attached hydrogen (secondary N) is 1. The molecule has 3 rings (SSSR count). The lowest BCUT2D eigenvalue weighted by molar-refractivity contribution is 0.312. The number of rotatable bonds is 3. The second kappa shape index (κ2) is 7.00. The maximum atomic E-state index is 4.73. The molecule has 1 fully saturated rings. The van der Waals surface area contributed by atoms with E-state index >= 15 is 0 Å². The van der Waals surface area contributed by atoms with Crippen molar-refractivity contribution in [2.45, 2.75) is 33.1 Å². The molecule has 0 aliphatic carbocycles. The topological polar surface area (TPSA) is 44.3 Å². The molecule has 1 N–H and O–H groups in total. The van der Waals surface area contributed by atoms with Crippen molar-refractivity contribution in [1.29, 1.82) is 0 Å². The Morgan fingerprint density at radius 3 is 2.20 bits per heavy atom. The summed E-state index contributed by atoms with van der Waals surface area (Å²) in [7, 11) is 2.16. The largest absolute Gasteiger partial charge is 0.354 e. The number of hydrogen-bond acceptors (Lipinski definition) is 5. The highest BCUT2D eigenvalue weighted by Gasteiger charge is 2.17.